The standard InChI is InChI=1S/C24H32N2O4S/c1-19(21-12-14-23(30-2)15-13-21)25-24(27)22-11-6-16-26(18-22)31(28,29)17-7-10-20-8-4-3-5-9-20/h3-5,8-9,12-15,19,22H,6-7,10-11,16-18H2,1-2H3,(H,25,27)/t19-,22-/m1/s1. The van der Waals surface area contributed by atoms with Crippen molar-refractivity contribution in [1.29, 1.82) is 0 Å². The molecule has 1 aliphatic rings. The van der Waals surface area contributed by atoms with Crippen LogP contribution in [0.2, 0.25) is 0 Å². The van der Waals surface area contributed by atoms with Gasteiger partial charge in [0.2, 0.25) is 15.9 Å². The van der Waals surface area contributed by atoms with Gasteiger partial charge in [-0.05, 0) is 55.9 Å². The molecule has 0 saturated carbocycles. The number of nitrogens with zero attached hydrogens (tertiary/aromatic N) is 1. The Morgan fingerprint density at radius 3 is 2.55 bits per heavy atom. The summed E-state index contributed by atoms with van der Waals surface area (Å²) in [5.74, 6) is 0.465. The van der Waals surface area contributed by atoms with E-state index in [2.05, 4.69) is 5.32 Å². The number of amides is 1. The molecule has 168 valence electrons. The predicted octanol–water partition coefficient (Wildman–Crippen LogP) is 3.55. The van der Waals surface area contributed by atoms with Gasteiger partial charge >= 0.3 is 0 Å². The average molecular weight is 445 g/mol. The summed E-state index contributed by atoms with van der Waals surface area (Å²) in [4.78, 5) is 12.8. The first kappa shape index (κ1) is 23.3. The maximum atomic E-state index is 12.8. The highest BCUT2D eigenvalue weighted by atomic mass is 32.2. The van der Waals surface area contributed by atoms with Gasteiger partial charge < -0.3 is 10.1 Å². The van der Waals surface area contributed by atoms with Crippen LogP contribution in [0.5, 0.6) is 5.75 Å². The van der Waals surface area contributed by atoms with Crippen molar-refractivity contribution in [3.05, 3.63) is 65.7 Å². The number of piperidine rings is 1. The first-order valence-electron chi connectivity index (χ1n) is 10.8. The molecule has 0 unspecified atom stereocenters. The van der Waals surface area contributed by atoms with Crippen LogP contribution in [0.3, 0.4) is 0 Å². The lowest BCUT2D eigenvalue weighted by Crippen LogP contribution is -2.46. The van der Waals surface area contributed by atoms with Gasteiger partial charge in [0.05, 0.1) is 24.8 Å². The number of hydrogen-bond donors (Lipinski definition) is 1. The van der Waals surface area contributed by atoms with Crippen LogP contribution in [0.4, 0.5) is 0 Å². The van der Waals surface area contributed by atoms with Crippen molar-refractivity contribution in [2.24, 2.45) is 5.92 Å². The third-order valence-electron chi connectivity index (χ3n) is 5.83. The lowest BCUT2D eigenvalue weighted by atomic mass is 9.98. The number of carbonyl (C=O) groups is 1. The molecule has 0 bridgehead atoms. The SMILES string of the molecule is COc1ccc([C@@H](C)NC(=O)[C@@H]2CCCN(S(=O)(=O)CCCc3ccccc3)C2)cc1. The summed E-state index contributed by atoms with van der Waals surface area (Å²) < 4.78 is 32.3. The number of sulfonamides is 1. The molecular formula is C24H32N2O4S. The van der Waals surface area contributed by atoms with E-state index in [0.29, 0.717) is 25.8 Å². The fourth-order valence-electron chi connectivity index (χ4n) is 3.95. The number of rotatable bonds is 9. The van der Waals surface area contributed by atoms with Crippen molar-refractivity contribution in [3.63, 3.8) is 0 Å². The maximum Gasteiger partial charge on any atom is 0.224 e. The van der Waals surface area contributed by atoms with Gasteiger partial charge in [0, 0.05) is 13.1 Å². The summed E-state index contributed by atoms with van der Waals surface area (Å²) >= 11 is 0. The average Bonchev–Trinajstić information content (AvgIpc) is 2.79. The molecule has 1 N–H and O–H groups in total. The third-order valence-corrected chi connectivity index (χ3v) is 7.76. The van der Waals surface area contributed by atoms with Gasteiger partial charge in [-0.3, -0.25) is 4.79 Å². The van der Waals surface area contributed by atoms with E-state index in [0.717, 1.165) is 23.3 Å². The molecule has 2 atom stereocenters. The molecule has 1 heterocycles. The Labute approximate surface area is 185 Å². The smallest absolute Gasteiger partial charge is 0.224 e. The van der Waals surface area contributed by atoms with E-state index in [9.17, 15) is 13.2 Å². The quantitative estimate of drug-likeness (QED) is 0.642. The Bertz CT molecular complexity index is 945. The Morgan fingerprint density at radius 2 is 1.87 bits per heavy atom. The van der Waals surface area contributed by atoms with Gasteiger partial charge in [-0.15, -0.1) is 0 Å². The highest BCUT2D eigenvalue weighted by Gasteiger charge is 2.32. The Morgan fingerprint density at radius 1 is 1.16 bits per heavy atom. The molecule has 31 heavy (non-hydrogen) atoms. The number of ether oxygens (including phenoxy) is 1. The molecule has 1 fully saturated rings. The molecule has 3 rings (SSSR count). The first-order chi connectivity index (χ1) is 14.9. The number of nitrogens with one attached hydrogen (secondary N) is 1. The van der Waals surface area contributed by atoms with Gasteiger partial charge in [0.15, 0.2) is 0 Å². The highest BCUT2D eigenvalue weighted by molar-refractivity contribution is 7.89. The van der Waals surface area contributed by atoms with Gasteiger partial charge in [0.25, 0.3) is 0 Å². The van der Waals surface area contributed by atoms with Gasteiger partial charge in [0.1, 0.15) is 5.75 Å². The molecule has 2 aromatic carbocycles. The number of methoxy groups -OCH3 is 1. The van der Waals surface area contributed by atoms with Crippen molar-refractivity contribution in [3.8, 4) is 5.75 Å². The second-order valence-corrected chi connectivity index (χ2v) is 10.2. The molecule has 2 aromatic rings. The molecule has 0 aliphatic carbocycles. The number of benzene rings is 2. The van der Waals surface area contributed by atoms with Crippen LogP contribution in [-0.2, 0) is 21.2 Å². The Kier molecular flexibility index (Phi) is 8.09. The number of carbonyl (C=O) groups excluding carboxylic acids is 1. The minimum absolute atomic E-state index is 0.0903. The van der Waals surface area contributed by atoms with Crippen LogP contribution < -0.4 is 10.1 Å². The molecule has 1 saturated heterocycles. The van der Waals surface area contributed by atoms with Crippen LogP contribution >= 0.6 is 0 Å². The summed E-state index contributed by atoms with van der Waals surface area (Å²) in [6.45, 7) is 2.68. The fourth-order valence-corrected chi connectivity index (χ4v) is 5.53. The van der Waals surface area contributed by atoms with Crippen LogP contribution in [0.1, 0.15) is 43.4 Å². The van der Waals surface area contributed by atoms with Gasteiger partial charge in [-0.2, -0.15) is 0 Å². The molecule has 0 radical (unpaired) electrons. The summed E-state index contributed by atoms with van der Waals surface area (Å²) in [6.07, 6.45) is 2.72. The van der Waals surface area contributed by atoms with Crippen LogP contribution in [0, 0.1) is 5.92 Å². The first-order valence-corrected chi connectivity index (χ1v) is 12.5. The zero-order valence-corrected chi connectivity index (χ0v) is 19.1. The number of aryl methyl sites for hydroxylation is 1. The van der Waals surface area contributed by atoms with Crippen molar-refractivity contribution < 1.29 is 17.9 Å². The lowest BCUT2D eigenvalue weighted by Gasteiger charge is -2.32. The molecular weight excluding hydrogens is 412 g/mol. The van der Waals surface area contributed by atoms with Crippen molar-refractivity contribution in [2.75, 3.05) is 26.0 Å². The molecule has 6 nitrogen and oxygen atoms in total. The van der Waals surface area contributed by atoms with E-state index >= 15 is 0 Å². The summed E-state index contributed by atoms with van der Waals surface area (Å²) in [6, 6.07) is 17.3. The van der Waals surface area contributed by atoms with E-state index in [1.165, 1.54) is 4.31 Å². The minimum atomic E-state index is -3.37. The normalized spacial score (nSPS) is 18.3. The highest BCUT2D eigenvalue weighted by Crippen LogP contribution is 2.23. The fraction of sp³-hybridized carbons (Fsp3) is 0.458. The predicted molar refractivity (Wildman–Crippen MR) is 122 cm³/mol. The second kappa shape index (κ2) is 10.8. The molecule has 1 amide bonds. The van der Waals surface area contributed by atoms with Crippen LogP contribution in [0.15, 0.2) is 54.6 Å². The molecule has 7 heteroatoms. The van der Waals surface area contributed by atoms with Gasteiger partial charge in [-0.1, -0.05) is 42.5 Å². The van der Waals surface area contributed by atoms with Crippen molar-refractivity contribution in [1.82, 2.24) is 9.62 Å². The maximum absolute atomic E-state index is 12.8. The summed E-state index contributed by atoms with van der Waals surface area (Å²) in [5, 5.41) is 3.04. The van der Waals surface area contributed by atoms with E-state index in [1.54, 1.807) is 7.11 Å². The second-order valence-electron chi connectivity index (χ2n) is 8.11. The van der Waals surface area contributed by atoms with Gasteiger partial charge in [-0.25, -0.2) is 12.7 Å². The molecule has 0 spiro atoms. The third kappa shape index (κ3) is 6.55. The zero-order chi connectivity index (χ0) is 22.3. The number of hydrogen-bond acceptors (Lipinski definition) is 4. The van der Waals surface area contributed by atoms with Crippen LogP contribution in [-0.4, -0.2) is 44.6 Å². The Hall–Kier alpha value is -2.38. The lowest BCUT2D eigenvalue weighted by molar-refractivity contribution is -0.126. The summed E-state index contributed by atoms with van der Waals surface area (Å²) in [5.41, 5.74) is 2.12. The minimum Gasteiger partial charge on any atom is -0.497 e. The molecule has 1 aliphatic heterocycles. The van der Waals surface area contributed by atoms with Crippen molar-refractivity contribution >= 4 is 15.9 Å². The monoisotopic (exact) mass is 444 g/mol. The zero-order valence-electron chi connectivity index (χ0n) is 18.3. The van der Waals surface area contributed by atoms with E-state index in [-0.39, 0.29) is 30.2 Å². The van der Waals surface area contributed by atoms with E-state index in [1.807, 2.05) is 61.5 Å². The van der Waals surface area contributed by atoms with Crippen LogP contribution in [0.25, 0.3) is 0 Å². The van der Waals surface area contributed by atoms with E-state index in [4.69, 9.17) is 4.74 Å². The van der Waals surface area contributed by atoms with Crippen molar-refractivity contribution in [2.45, 2.75) is 38.6 Å². The summed E-state index contributed by atoms with van der Waals surface area (Å²) in [7, 11) is -1.75. The Balaban J connectivity index is 1.52. The largest absolute Gasteiger partial charge is 0.497 e. The van der Waals surface area contributed by atoms with E-state index < -0.39 is 10.0 Å². The topological polar surface area (TPSA) is 75.7 Å². The molecule has 0 aromatic heterocycles.